The fraction of sp³-hybridized carbons (Fsp3) is 0.235. The predicted octanol–water partition coefficient (Wildman–Crippen LogP) is 2.60. The van der Waals surface area contributed by atoms with E-state index in [2.05, 4.69) is 10.3 Å². The molecule has 1 aromatic heterocycles. The number of rotatable bonds is 4. The predicted molar refractivity (Wildman–Crippen MR) is 86.8 cm³/mol. The van der Waals surface area contributed by atoms with Crippen molar-refractivity contribution in [3.63, 3.8) is 0 Å². The molecular weight excluding hydrogens is 294 g/mol. The third kappa shape index (κ3) is 3.01. The number of carbonyl (C=O) groups excluding carboxylic acids is 3. The van der Waals surface area contributed by atoms with Crippen molar-refractivity contribution >= 4 is 29.0 Å². The zero-order valence-electron chi connectivity index (χ0n) is 12.8. The van der Waals surface area contributed by atoms with Gasteiger partial charge in [-0.25, -0.2) is 0 Å². The monoisotopic (exact) mass is 311 g/mol. The molecule has 3 rings (SSSR count). The van der Waals surface area contributed by atoms with Crippen LogP contribution >= 0.6 is 0 Å². The Labute approximate surface area is 133 Å². The van der Waals surface area contributed by atoms with Crippen LogP contribution in [0.25, 0.3) is 0 Å². The number of nitrogens with zero attached hydrogens (tertiary/aromatic N) is 1. The van der Waals surface area contributed by atoms with Crippen LogP contribution in [0.3, 0.4) is 0 Å². The number of carbonyl (C=O) groups is 3. The molecule has 0 atom stereocenters. The number of H-pyrrole nitrogens is 1. The van der Waals surface area contributed by atoms with Gasteiger partial charge in [-0.1, -0.05) is 12.1 Å². The number of aromatic nitrogens is 1. The van der Waals surface area contributed by atoms with Gasteiger partial charge in [0.2, 0.25) is 5.91 Å². The van der Waals surface area contributed by atoms with Gasteiger partial charge in [-0.15, -0.1) is 0 Å². The highest BCUT2D eigenvalue weighted by molar-refractivity contribution is 6.08. The largest absolute Gasteiger partial charge is 0.356 e. The molecular formula is C17H17N3O3. The number of amides is 2. The molecule has 6 heteroatoms. The number of ketones is 1. The topological polar surface area (TPSA) is 82.3 Å². The summed E-state index contributed by atoms with van der Waals surface area (Å²) in [5.74, 6) is -0.398. The third-order valence-corrected chi connectivity index (χ3v) is 3.85. The van der Waals surface area contributed by atoms with Crippen molar-refractivity contribution in [3.05, 3.63) is 47.8 Å². The van der Waals surface area contributed by atoms with Crippen LogP contribution in [0.1, 0.15) is 40.6 Å². The molecule has 6 nitrogen and oxygen atoms in total. The molecule has 2 N–H and O–H groups in total. The molecule has 1 aliphatic rings. The van der Waals surface area contributed by atoms with E-state index < -0.39 is 0 Å². The summed E-state index contributed by atoms with van der Waals surface area (Å²) < 4.78 is 0. The van der Waals surface area contributed by atoms with Crippen molar-refractivity contribution in [1.82, 2.24) is 4.98 Å². The van der Waals surface area contributed by atoms with Crippen molar-refractivity contribution < 1.29 is 14.4 Å². The highest BCUT2D eigenvalue weighted by atomic mass is 16.2. The van der Waals surface area contributed by atoms with Gasteiger partial charge in [0, 0.05) is 24.7 Å². The smallest absolute Gasteiger partial charge is 0.272 e. The Kier molecular flexibility index (Phi) is 3.97. The number of aromatic amines is 1. The average Bonchev–Trinajstić information content (AvgIpc) is 3.17. The van der Waals surface area contributed by atoms with E-state index in [-0.39, 0.29) is 17.6 Å². The molecule has 23 heavy (non-hydrogen) atoms. The first-order chi connectivity index (χ1) is 11.1. The number of para-hydroxylation sites is 2. The van der Waals surface area contributed by atoms with Crippen molar-refractivity contribution in [2.24, 2.45) is 0 Å². The normalized spacial score (nSPS) is 14.1. The summed E-state index contributed by atoms with van der Waals surface area (Å²) in [4.78, 5) is 40.1. The fourth-order valence-electron chi connectivity index (χ4n) is 2.64. The number of hydrogen-bond acceptors (Lipinski definition) is 3. The van der Waals surface area contributed by atoms with Gasteiger partial charge in [-0.2, -0.15) is 0 Å². The molecule has 2 heterocycles. The highest BCUT2D eigenvalue weighted by Gasteiger charge is 2.24. The first-order valence-electron chi connectivity index (χ1n) is 7.46. The summed E-state index contributed by atoms with van der Waals surface area (Å²) in [6.45, 7) is 2.10. The van der Waals surface area contributed by atoms with E-state index in [1.54, 1.807) is 17.0 Å². The second-order valence-corrected chi connectivity index (χ2v) is 5.48. The first-order valence-corrected chi connectivity index (χ1v) is 7.46. The molecule has 1 saturated heterocycles. The van der Waals surface area contributed by atoms with Gasteiger partial charge in [0.25, 0.3) is 5.91 Å². The Morgan fingerprint density at radius 3 is 2.70 bits per heavy atom. The maximum absolute atomic E-state index is 12.3. The van der Waals surface area contributed by atoms with Crippen LogP contribution in [0.2, 0.25) is 0 Å². The summed E-state index contributed by atoms with van der Waals surface area (Å²) in [6.07, 6.45) is 2.85. The van der Waals surface area contributed by atoms with Gasteiger partial charge in [0.1, 0.15) is 5.69 Å². The molecule has 0 spiro atoms. The third-order valence-electron chi connectivity index (χ3n) is 3.85. The van der Waals surface area contributed by atoms with E-state index in [0.29, 0.717) is 35.6 Å². The highest BCUT2D eigenvalue weighted by Crippen LogP contribution is 2.29. The van der Waals surface area contributed by atoms with Gasteiger partial charge in [0.15, 0.2) is 5.78 Å². The van der Waals surface area contributed by atoms with Crippen LogP contribution in [0.4, 0.5) is 11.4 Å². The standard InChI is InChI=1S/C17H17N3O3/c1-11(21)12-9-14(18-10-12)17(23)19-13-5-2-3-6-15(13)20-8-4-7-16(20)22/h2-3,5-6,9-10,18H,4,7-8H2,1H3,(H,19,23). The van der Waals surface area contributed by atoms with E-state index in [1.165, 1.54) is 19.2 Å². The summed E-state index contributed by atoms with van der Waals surface area (Å²) in [6, 6.07) is 8.72. The van der Waals surface area contributed by atoms with Crippen molar-refractivity contribution in [1.29, 1.82) is 0 Å². The number of anilines is 2. The molecule has 118 valence electrons. The quantitative estimate of drug-likeness (QED) is 0.851. The molecule has 0 aliphatic carbocycles. The molecule has 0 bridgehead atoms. The summed E-state index contributed by atoms with van der Waals surface area (Å²) in [7, 11) is 0. The van der Waals surface area contributed by atoms with E-state index >= 15 is 0 Å². The Hall–Kier alpha value is -2.89. The Balaban J connectivity index is 1.83. The number of nitrogens with one attached hydrogen (secondary N) is 2. The van der Waals surface area contributed by atoms with Crippen molar-refractivity contribution in [2.75, 3.05) is 16.8 Å². The Bertz CT molecular complexity index is 779. The Morgan fingerprint density at radius 2 is 2.04 bits per heavy atom. The van der Waals surface area contributed by atoms with Crippen LogP contribution < -0.4 is 10.2 Å². The van der Waals surface area contributed by atoms with Crippen LogP contribution in [0.15, 0.2) is 36.5 Å². The lowest BCUT2D eigenvalue weighted by Gasteiger charge is -2.19. The number of hydrogen-bond donors (Lipinski definition) is 2. The number of benzene rings is 1. The molecule has 1 aromatic carbocycles. The van der Waals surface area contributed by atoms with Crippen molar-refractivity contribution in [2.45, 2.75) is 19.8 Å². The van der Waals surface area contributed by atoms with Crippen molar-refractivity contribution in [3.8, 4) is 0 Å². The minimum atomic E-state index is -0.350. The van der Waals surface area contributed by atoms with Crippen LogP contribution in [-0.4, -0.2) is 29.1 Å². The lowest BCUT2D eigenvalue weighted by molar-refractivity contribution is -0.117. The minimum Gasteiger partial charge on any atom is -0.356 e. The molecule has 0 unspecified atom stereocenters. The second-order valence-electron chi connectivity index (χ2n) is 5.48. The van der Waals surface area contributed by atoms with Gasteiger partial charge < -0.3 is 15.2 Å². The van der Waals surface area contributed by atoms with E-state index in [9.17, 15) is 14.4 Å². The zero-order valence-corrected chi connectivity index (χ0v) is 12.8. The summed E-state index contributed by atoms with van der Waals surface area (Å²) >= 11 is 0. The molecule has 2 aromatic rings. The average molecular weight is 311 g/mol. The van der Waals surface area contributed by atoms with Crippen LogP contribution in [0, 0.1) is 0 Å². The van der Waals surface area contributed by atoms with Gasteiger partial charge in [-0.05, 0) is 31.5 Å². The van der Waals surface area contributed by atoms with E-state index in [4.69, 9.17) is 0 Å². The summed E-state index contributed by atoms with van der Waals surface area (Å²) in [5.41, 5.74) is 2.03. The lowest BCUT2D eigenvalue weighted by atomic mass is 10.2. The molecule has 0 radical (unpaired) electrons. The zero-order chi connectivity index (χ0) is 16.4. The van der Waals surface area contributed by atoms with Gasteiger partial charge in [0.05, 0.1) is 11.4 Å². The van der Waals surface area contributed by atoms with Gasteiger partial charge >= 0.3 is 0 Å². The molecule has 2 amide bonds. The lowest BCUT2D eigenvalue weighted by Crippen LogP contribution is -2.25. The molecule has 0 saturated carbocycles. The first kappa shape index (κ1) is 15.0. The van der Waals surface area contributed by atoms with Crippen LogP contribution in [-0.2, 0) is 4.79 Å². The summed E-state index contributed by atoms with van der Waals surface area (Å²) in [5, 5.41) is 2.80. The fourth-order valence-corrected chi connectivity index (χ4v) is 2.64. The van der Waals surface area contributed by atoms with E-state index in [1.807, 2.05) is 12.1 Å². The Morgan fingerprint density at radius 1 is 1.26 bits per heavy atom. The maximum Gasteiger partial charge on any atom is 0.272 e. The molecule has 1 fully saturated rings. The maximum atomic E-state index is 12.3. The SMILES string of the molecule is CC(=O)c1c[nH]c(C(=O)Nc2ccccc2N2CCCC2=O)c1. The number of Topliss-reactive ketones (excluding diaryl/α,β-unsaturated/α-hetero) is 1. The van der Waals surface area contributed by atoms with Gasteiger partial charge in [-0.3, -0.25) is 14.4 Å². The van der Waals surface area contributed by atoms with E-state index in [0.717, 1.165) is 6.42 Å². The second kappa shape index (κ2) is 6.08. The van der Waals surface area contributed by atoms with Crippen LogP contribution in [0.5, 0.6) is 0 Å². The minimum absolute atomic E-state index is 0.0606. The molecule has 1 aliphatic heterocycles.